The largest absolute Gasteiger partial charge is 0.351 e. The molecule has 3 aromatic rings. The van der Waals surface area contributed by atoms with Crippen LogP contribution in [0.3, 0.4) is 0 Å². The van der Waals surface area contributed by atoms with Gasteiger partial charge in [-0.2, -0.15) is 0 Å². The SMILES string of the molecule is Cc1cc(CS(=O)(=O)c2ccccc2Cl)ccc1/C=C/c1cnc(NC2CCC(N)CC2)nc1. The third-order valence-electron chi connectivity index (χ3n) is 6.09. The normalized spacial score (nSPS) is 18.8. The Morgan fingerprint density at radius 2 is 1.76 bits per heavy atom. The summed E-state index contributed by atoms with van der Waals surface area (Å²) in [6, 6.07) is 12.9. The number of aromatic nitrogens is 2. The Bertz CT molecular complexity index is 1270. The van der Waals surface area contributed by atoms with Crippen molar-refractivity contribution in [3.8, 4) is 0 Å². The van der Waals surface area contributed by atoms with Gasteiger partial charge in [0, 0.05) is 30.0 Å². The molecule has 8 heteroatoms. The topological polar surface area (TPSA) is 98.0 Å². The standard InChI is InChI=1S/C26H29ClN4O2S/c1-18-14-19(17-34(32,33)25-5-3-2-4-24(25)27)6-8-21(18)9-7-20-15-29-26(30-16-20)31-23-12-10-22(28)11-13-23/h2-9,14-16,22-23H,10-13,17,28H2,1H3,(H,29,30,31)/b9-7+. The Kier molecular flexibility index (Phi) is 7.66. The third kappa shape index (κ3) is 6.23. The van der Waals surface area contributed by atoms with Crippen molar-refractivity contribution < 1.29 is 8.42 Å². The number of halogens is 1. The van der Waals surface area contributed by atoms with Gasteiger partial charge in [0.15, 0.2) is 9.84 Å². The average molecular weight is 497 g/mol. The molecule has 1 fully saturated rings. The van der Waals surface area contributed by atoms with E-state index in [1.54, 1.807) is 30.6 Å². The van der Waals surface area contributed by atoms with E-state index in [4.69, 9.17) is 17.3 Å². The summed E-state index contributed by atoms with van der Waals surface area (Å²) in [6.07, 6.45) is 11.7. The second kappa shape index (κ2) is 10.7. The first kappa shape index (κ1) is 24.4. The molecule has 3 N–H and O–H groups in total. The van der Waals surface area contributed by atoms with Crippen molar-refractivity contribution in [2.75, 3.05) is 5.32 Å². The maximum absolute atomic E-state index is 12.8. The van der Waals surface area contributed by atoms with E-state index in [9.17, 15) is 8.42 Å². The number of sulfone groups is 1. The molecule has 4 rings (SSSR count). The van der Waals surface area contributed by atoms with E-state index in [1.807, 2.05) is 37.3 Å². The molecule has 0 bridgehead atoms. The number of nitrogens with two attached hydrogens (primary N) is 1. The van der Waals surface area contributed by atoms with Gasteiger partial charge < -0.3 is 11.1 Å². The van der Waals surface area contributed by atoms with Gasteiger partial charge in [-0.1, -0.05) is 54.1 Å². The van der Waals surface area contributed by atoms with Gasteiger partial charge >= 0.3 is 0 Å². The molecule has 0 saturated heterocycles. The molecule has 0 atom stereocenters. The molecule has 0 unspecified atom stereocenters. The summed E-state index contributed by atoms with van der Waals surface area (Å²) in [5.41, 5.74) is 9.56. The van der Waals surface area contributed by atoms with Crippen molar-refractivity contribution in [3.05, 3.63) is 82.1 Å². The second-order valence-electron chi connectivity index (χ2n) is 8.81. The predicted molar refractivity (Wildman–Crippen MR) is 138 cm³/mol. The minimum absolute atomic E-state index is 0.100. The fourth-order valence-corrected chi connectivity index (χ4v) is 6.05. The molecule has 178 valence electrons. The molecule has 0 aliphatic heterocycles. The van der Waals surface area contributed by atoms with E-state index >= 15 is 0 Å². The van der Waals surface area contributed by atoms with Crippen LogP contribution in [0.15, 0.2) is 59.8 Å². The molecular weight excluding hydrogens is 468 g/mol. The number of rotatable bonds is 7. The Morgan fingerprint density at radius 3 is 2.44 bits per heavy atom. The molecule has 0 amide bonds. The van der Waals surface area contributed by atoms with Gasteiger partial charge in [0.1, 0.15) is 0 Å². The van der Waals surface area contributed by atoms with Crippen molar-refractivity contribution in [1.82, 2.24) is 9.97 Å². The van der Waals surface area contributed by atoms with Crippen LogP contribution in [-0.2, 0) is 15.6 Å². The van der Waals surface area contributed by atoms with E-state index in [1.165, 1.54) is 6.07 Å². The molecule has 1 aliphatic rings. The smallest absolute Gasteiger partial charge is 0.222 e. The Labute approximate surface area is 206 Å². The Hall–Kier alpha value is -2.74. The zero-order chi connectivity index (χ0) is 24.1. The van der Waals surface area contributed by atoms with Crippen molar-refractivity contribution in [2.45, 2.75) is 55.3 Å². The van der Waals surface area contributed by atoms with Crippen LogP contribution in [0.5, 0.6) is 0 Å². The molecule has 1 aliphatic carbocycles. The van der Waals surface area contributed by atoms with Crippen molar-refractivity contribution >= 4 is 39.5 Å². The first-order valence-electron chi connectivity index (χ1n) is 11.4. The van der Waals surface area contributed by atoms with Gasteiger partial charge in [0.2, 0.25) is 5.95 Å². The van der Waals surface area contributed by atoms with Gasteiger partial charge in [-0.3, -0.25) is 0 Å². The van der Waals surface area contributed by atoms with Crippen LogP contribution in [0.2, 0.25) is 5.02 Å². The monoisotopic (exact) mass is 496 g/mol. The number of hydrogen-bond acceptors (Lipinski definition) is 6. The zero-order valence-electron chi connectivity index (χ0n) is 19.1. The lowest BCUT2D eigenvalue weighted by Gasteiger charge is -2.26. The summed E-state index contributed by atoms with van der Waals surface area (Å²) >= 11 is 6.09. The minimum atomic E-state index is -3.53. The summed E-state index contributed by atoms with van der Waals surface area (Å²) < 4.78 is 25.5. The summed E-state index contributed by atoms with van der Waals surface area (Å²) in [6.45, 7) is 1.96. The molecular formula is C26H29ClN4O2S. The lowest BCUT2D eigenvalue weighted by molar-refractivity contribution is 0.410. The summed E-state index contributed by atoms with van der Waals surface area (Å²) in [5, 5.41) is 3.63. The fourth-order valence-electron chi connectivity index (χ4n) is 4.14. The molecule has 1 heterocycles. The van der Waals surface area contributed by atoms with E-state index in [0.717, 1.165) is 47.9 Å². The lowest BCUT2D eigenvalue weighted by atomic mass is 9.92. The summed E-state index contributed by atoms with van der Waals surface area (Å²) in [7, 11) is -3.53. The van der Waals surface area contributed by atoms with E-state index in [-0.39, 0.29) is 15.7 Å². The van der Waals surface area contributed by atoms with Gasteiger partial charge in [0.25, 0.3) is 0 Å². The van der Waals surface area contributed by atoms with Gasteiger partial charge in [0.05, 0.1) is 15.7 Å². The molecule has 1 aromatic heterocycles. The molecule has 2 aromatic carbocycles. The van der Waals surface area contributed by atoms with Crippen molar-refractivity contribution in [3.63, 3.8) is 0 Å². The number of anilines is 1. The van der Waals surface area contributed by atoms with Crippen LogP contribution in [0.25, 0.3) is 12.2 Å². The first-order valence-corrected chi connectivity index (χ1v) is 13.4. The highest BCUT2D eigenvalue weighted by Gasteiger charge is 2.19. The van der Waals surface area contributed by atoms with Gasteiger partial charge in [-0.15, -0.1) is 0 Å². The number of aryl methyl sites for hydroxylation is 1. The first-order chi connectivity index (χ1) is 16.3. The quantitative estimate of drug-likeness (QED) is 0.462. The van der Waals surface area contributed by atoms with Gasteiger partial charge in [-0.25, -0.2) is 18.4 Å². The minimum Gasteiger partial charge on any atom is -0.351 e. The summed E-state index contributed by atoms with van der Waals surface area (Å²) in [4.78, 5) is 9.03. The highest BCUT2D eigenvalue weighted by Crippen LogP contribution is 2.25. The second-order valence-corrected chi connectivity index (χ2v) is 11.2. The van der Waals surface area contributed by atoms with Crippen molar-refractivity contribution in [2.24, 2.45) is 5.73 Å². The third-order valence-corrected chi connectivity index (χ3v) is 8.28. The van der Waals surface area contributed by atoms with E-state index in [2.05, 4.69) is 15.3 Å². The number of nitrogens with zero attached hydrogens (tertiary/aromatic N) is 2. The molecule has 1 saturated carbocycles. The van der Waals surface area contributed by atoms with E-state index < -0.39 is 9.84 Å². The number of nitrogens with one attached hydrogen (secondary N) is 1. The van der Waals surface area contributed by atoms with Crippen LogP contribution in [-0.4, -0.2) is 30.5 Å². The van der Waals surface area contributed by atoms with Gasteiger partial charge in [-0.05, 0) is 61.4 Å². The summed E-state index contributed by atoms with van der Waals surface area (Å²) in [5.74, 6) is 0.537. The molecule has 0 spiro atoms. The highest BCUT2D eigenvalue weighted by molar-refractivity contribution is 7.90. The maximum Gasteiger partial charge on any atom is 0.222 e. The Morgan fingerprint density at radius 1 is 1.06 bits per heavy atom. The number of hydrogen-bond donors (Lipinski definition) is 2. The van der Waals surface area contributed by atoms with Crippen molar-refractivity contribution in [1.29, 1.82) is 0 Å². The highest BCUT2D eigenvalue weighted by atomic mass is 35.5. The van der Waals surface area contributed by atoms with Crippen LogP contribution < -0.4 is 11.1 Å². The predicted octanol–water partition coefficient (Wildman–Crippen LogP) is 5.26. The Balaban J connectivity index is 1.39. The molecule has 0 radical (unpaired) electrons. The maximum atomic E-state index is 12.8. The fraction of sp³-hybridized carbons (Fsp3) is 0.308. The molecule has 6 nitrogen and oxygen atoms in total. The molecule has 34 heavy (non-hydrogen) atoms. The number of benzene rings is 2. The zero-order valence-corrected chi connectivity index (χ0v) is 20.7. The van der Waals surface area contributed by atoms with Crippen LogP contribution in [0.1, 0.15) is 47.9 Å². The van der Waals surface area contributed by atoms with Crippen LogP contribution in [0, 0.1) is 6.92 Å². The van der Waals surface area contributed by atoms with E-state index in [0.29, 0.717) is 18.0 Å². The lowest BCUT2D eigenvalue weighted by Crippen LogP contribution is -2.33. The van der Waals surface area contributed by atoms with Crippen LogP contribution >= 0.6 is 11.6 Å². The van der Waals surface area contributed by atoms with Crippen LogP contribution in [0.4, 0.5) is 5.95 Å². The average Bonchev–Trinajstić information content (AvgIpc) is 2.81.